The maximum Gasteiger partial charge on any atom is 0.163 e. The Bertz CT molecular complexity index is 595. The quantitative estimate of drug-likeness (QED) is 0.826. The Morgan fingerprint density at radius 2 is 1.75 bits per heavy atom. The molecule has 0 radical (unpaired) electrons. The molecule has 0 spiro atoms. The van der Waals surface area contributed by atoms with Crippen LogP contribution in [-0.2, 0) is 0 Å². The number of rotatable bonds is 5. The van der Waals surface area contributed by atoms with Crippen LogP contribution in [0.2, 0.25) is 0 Å². The van der Waals surface area contributed by atoms with Crippen LogP contribution < -0.4 is 10.1 Å². The Hall–Kier alpha value is -2.97. The van der Waals surface area contributed by atoms with Crippen molar-refractivity contribution in [1.29, 1.82) is 15.8 Å². The summed E-state index contributed by atoms with van der Waals surface area (Å²) >= 11 is 0. The summed E-state index contributed by atoms with van der Waals surface area (Å²) in [5.41, 5.74) is 0.305. The molecule has 0 bridgehead atoms. The summed E-state index contributed by atoms with van der Waals surface area (Å²) in [5.74, 6) is 0.730. The standard InChI is InChI=1S/C15H14N4O/c1-3-11(2)20-14-6-4-13(5-7-14)19-15(10-18)12(8-16)9-17/h4-7,11,19H,3H2,1-2H3. The molecule has 0 fully saturated rings. The molecule has 5 heteroatoms. The molecule has 100 valence electrons. The molecule has 0 aliphatic carbocycles. The lowest BCUT2D eigenvalue weighted by molar-refractivity contribution is 0.217. The summed E-state index contributed by atoms with van der Waals surface area (Å²) < 4.78 is 5.63. The van der Waals surface area contributed by atoms with Gasteiger partial charge in [0.25, 0.3) is 0 Å². The molecule has 0 aromatic heterocycles. The van der Waals surface area contributed by atoms with Gasteiger partial charge in [-0.05, 0) is 37.6 Å². The van der Waals surface area contributed by atoms with E-state index < -0.39 is 0 Å². The smallest absolute Gasteiger partial charge is 0.163 e. The number of ether oxygens (including phenoxy) is 1. The van der Waals surface area contributed by atoms with Gasteiger partial charge in [-0.25, -0.2) is 0 Å². The summed E-state index contributed by atoms with van der Waals surface area (Å²) in [6.07, 6.45) is 1.04. The van der Waals surface area contributed by atoms with E-state index in [1.165, 1.54) is 0 Å². The Balaban J connectivity index is 2.86. The van der Waals surface area contributed by atoms with Crippen LogP contribution in [0.25, 0.3) is 0 Å². The van der Waals surface area contributed by atoms with Crippen molar-refractivity contribution in [2.45, 2.75) is 26.4 Å². The molecule has 1 atom stereocenters. The van der Waals surface area contributed by atoms with Gasteiger partial charge in [0, 0.05) is 5.69 Å². The van der Waals surface area contributed by atoms with Crippen molar-refractivity contribution in [2.75, 3.05) is 5.32 Å². The van der Waals surface area contributed by atoms with Gasteiger partial charge in [0.2, 0.25) is 0 Å². The zero-order valence-corrected chi connectivity index (χ0v) is 11.3. The first-order valence-electron chi connectivity index (χ1n) is 6.12. The van der Waals surface area contributed by atoms with Gasteiger partial charge in [-0.2, -0.15) is 15.8 Å². The summed E-state index contributed by atoms with van der Waals surface area (Å²) in [6.45, 7) is 4.02. The van der Waals surface area contributed by atoms with Crippen molar-refractivity contribution in [3.8, 4) is 24.0 Å². The molecule has 1 aromatic carbocycles. The van der Waals surface area contributed by atoms with Gasteiger partial charge in [0.15, 0.2) is 5.57 Å². The molecular weight excluding hydrogens is 252 g/mol. The molecule has 1 unspecified atom stereocenters. The third kappa shape index (κ3) is 4.05. The first kappa shape index (κ1) is 15.1. The van der Waals surface area contributed by atoms with Crippen molar-refractivity contribution >= 4 is 5.69 Å². The predicted octanol–water partition coefficient (Wildman–Crippen LogP) is 3.10. The summed E-state index contributed by atoms with van der Waals surface area (Å²) in [7, 11) is 0. The Morgan fingerprint density at radius 1 is 1.15 bits per heavy atom. The number of nitrogens with zero attached hydrogens (tertiary/aromatic N) is 3. The van der Waals surface area contributed by atoms with Crippen molar-refractivity contribution in [3.05, 3.63) is 35.5 Å². The van der Waals surface area contributed by atoms with Crippen molar-refractivity contribution < 1.29 is 4.74 Å². The molecule has 0 heterocycles. The van der Waals surface area contributed by atoms with Crippen LogP contribution in [0.4, 0.5) is 5.69 Å². The average Bonchev–Trinajstić information content (AvgIpc) is 2.48. The second-order valence-corrected chi connectivity index (χ2v) is 4.07. The Labute approximate surface area is 118 Å². The number of benzene rings is 1. The van der Waals surface area contributed by atoms with Crippen LogP contribution in [0.3, 0.4) is 0 Å². The first-order chi connectivity index (χ1) is 9.64. The molecular formula is C15H14N4O. The average molecular weight is 266 g/mol. The molecule has 20 heavy (non-hydrogen) atoms. The van der Waals surface area contributed by atoms with Gasteiger partial charge >= 0.3 is 0 Å². The molecule has 0 amide bonds. The summed E-state index contributed by atoms with van der Waals surface area (Å²) in [4.78, 5) is 0. The van der Waals surface area contributed by atoms with E-state index in [2.05, 4.69) is 5.32 Å². The molecule has 1 aromatic rings. The monoisotopic (exact) mass is 266 g/mol. The number of anilines is 1. The van der Waals surface area contributed by atoms with Crippen LogP contribution in [0.1, 0.15) is 20.3 Å². The minimum atomic E-state index is -0.243. The topological polar surface area (TPSA) is 92.6 Å². The van der Waals surface area contributed by atoms with Gasteiger partial charge in [-0.15, -0.1) is 0 Å². The van der Waals surface area contributed by atoms with E-state index in [0.29, 0.717) is 5.69 Å². The van der Waals surface area contributed by atoms with Crippen LogP contribution in [-0.4, -0.2) is 6.10 Å². The lowest BCUT2D eigenvalue weighted by Gasteiger charge is -2.13. The molecule has 1 N–H and O–H groups in total. The first-order valence-corrected chi connectivity index (χ1v) is 6.12. The van der Waals surface area contributed by atoms with Crippen LogP contribution in [0.5, 0.6) is 5.75 Å². The highest BCUT2D eigenvalue weighted by molar-refractivity contribution is 5.58. The van der Waals surface area contributed by atoms with E-state index in [1.807, 2.05) is 13.8 Å². The van der Waals surface area contributed by atoms with E-state index in [4.69, 9.17) is 20.5 Å². The molecule has 0 saturated heterocycles. The third-order valence-electron chi connectivity index (χ3n) is 2.62. The van der Waals surface area contributed by atoms with Crippen LogP contribution in [0, 0.1) is 34.0 Å². The van der Waals surface area contributed by atoms with Gasteiger partial charge < -0.3 is 10.1 Å². The molecule has 0 aliphatic heterocycles. The molecule has 0 aliphatic rings. The highest BCUT2D eigenvalue weighted by atomic mass is 16.5. The molecule has 0 saturated carbocycles. The second-order valence-electron chi connectivity index (χ2n) is 4.07. The number of hydrogen-bond acceptors (Lipinski definition) is 5. The zero-order chi connectivity index (χ0) is 15.0. The largest absolute Gasteiger partial charge is 0.491 e. The van der Waals surface area contributed by atoms with E-state index in [0.717, 1.165) is 12.2 Å². The lowest BCUT2D eigenvalue weighted by atomic mass is 10.2. The fourth-order valence-corrected chi connectivity index (χ4v) is 1.36. The van der Waals surface area contributed by atoms with E-state index in [1.54, 1.807) is 42.5 Å². The van der Waals surface area contributed by atoms with Crippen molar-refractivity contribution in [2.24, 2.45) is 0 Å². The molecule has 1 rings (SSSR count). The van der Waals surface area contributed by atoms with E-state index in [9.17, 15) is 0 Å². The number of nitrogens with one attached hydrogen (secondary N) is 1. The second kappa shape index (κ2) is 7.46. The number of allylic oxidation sites excluding steroid dienone is 2. The normalized spacial score (nSPS) is 10.3. The van der Waals surface area contributed by atoms with E-state index in [-0.39, 0.29) is 17.4 Å². The third-order valence-corrected chi connectivity index (χ3v) is 2.62. The van der Waals surface area contributed by atoms with Gasteiger partial charge in [0.05, 0.1) is 6.10 Å². The maximum absolute atomic E-state index is 8.93. The van der Waals surface area contributed by atoms with Crippen molar-refractivity contribution in [3.63, 3.8) is 0 Å². The van der Waals surface area contributed by atoms with Gasteiger partial charge in [-0.1, -0.05) is 6.92 Å². The number of nitriles is 3. The minimum Gasteiger partial charge on any atom is -0.491 e. The van der Waals surface area contributed by atoms with Crippen molar-refractivity contribution in [1.82, 2.24) is 0 Å². The van der Waals surface area contributed by atoms with E-state index >= 15 is 0 Å². The highest BCUT2D eigenvalue weighted by Crippen LogP contribution is 2.19. The molecule has 5 nitrogen and oxygen atoms in total. The summed E-state index contributed by atoms with van der Waals surface area (Å²) in [5, 5.41) is 29.1. The van der Waals surface area contributed by atoms with Crippen LogP contribution >= 0.6 is 0 Å². The van der Waals surface area contributed by atoms with Crippen LogP contribution in [0.15, 0.2) is 35.5 Å². The minimum absolute atomic E-state index is 0.0643. The fraction of sp³-hybridized carbons (Fsp3) is 0.267. The Kier molecular flexibility index (Phi) is 5.63. The Morgan fingerprint density at radius 3 is 2.20 bits per heavy atom. The lowest BCUT2D eigenvalue weighted by Crippen LogP contribution is -2.09. The SMILES string of the molecule is CCC(C)Oc1ccc(NC(C#N)=C(C#N)C#N)cc1. The summed E-state index contributed by atoms with van der Waals surface area (Å²) in [6, 6.07) is 12.1. The zero-order valence-electron chi connectivity index (χ0n) is 11.3. The van der Waals surface area contributed by atoms with Gasteiger partial charge in [0.1, 0.15) is 29.7 Å². The van der Waals surface area contributed by atoms with Gasteiger partial charge in [-0.3, -0.25) is 0 Å². The fourth-order valence-electron chi connectivity index (χ4n) is 1.36. The number of hydrogen-bond donors (Lipinski definition) is 1. The highest BCUT2D eigenvalue weighted by Gasteiger charge is 2.06. The maximum atomic E-state index is 8.93. The predicted molar refractivity (Wildman–Crippen MR) is 74.3 cm³/mol.